The molecule has 0 unspecified atom stereocenters. The highest BCUT2D eigenvalue weighted by molar-refractivity contribution is 5.04. The summed E-state index contributed by atoms with van der Waals surface area (Å²) < 4.78 is 0. The molecule has 3 atom stereocenters. The Bertz CT molecular complexity index is 138. The van der Waals surface area contributed by atoms with E-state index in [2.05, 4.69) is 0 Å². The molecular formula is C9H18N2. The first-order chi connectivity index (χ1) is 5.26. The summed E-state index contributed by atoms with van der Waals surface area (Å²) in [6.07, 6.45) is 7.58. The van der Waals surface area contributed by atoms with Crippen LogP contribution in [0.2, 0.25) is 0 Å². The van der Waals surface area contributed by atoms with Crippen molar-refractivity contribution in [2.75, 3.05) is 0 Å². The molecule has 0 aromatic heterocycles. The van der Waals surface area contributed by atoms with E-state index in [0.29, 0.717) is 17.5 Å². The maximum Gasteiger partial charge on any atom is 0.0110 e. The van der Waals surface area contributed by atoms with Gasteiger partial charge in [0.1, 0.15) is 0 Å². The minimum atomic E-state index is 0.361. The van der Waals surface area contributed by atoms with E-state index < -0.39 is 0 Å². The van der Waals surface area contributed by atoms with Crippen LogP contribution in [-0.4, -0.2) is 12.1 Å². The molecule has 2 rings (SSSR count). The van der Waals surface area contributed by atoms with Crippen LogP contribution >= 0.6 is 0 Å². The van der Waals surface area contributed by atoms with Gasteiger partial charge in [0.2, 0.25) is 0 Å². The number of hydrogen-bond donors (Lipinski definition) is 2. The summed E-state index contributed by atoms with van der Waals surface area (Å²) in [4.78, 5) is 0. The zero-order chi connectivity index (χ0) is 7.90. The fourth-order valence-corrected chi connectivity index (χ4v) is 3.02. The third kappa shape index (κ3) is 0.926. The monoisotopic (exact) mass is 154 g/mol. The Kier molecular flexibility index (Phi) is 1.69. The van der Waals surface area contributed by atoms with Gasteiger partial charge in [-0.25, -0.2) is 0 Å². The van der Waals surface area contributed by atoms with Gasteiger partial charge in [-0.2, -0.15) is 0 Å². The molecule has 0 heterocycles. The summed E-state index contributed by atoms with van der Waals surface area (Å²) in [5.74, 6) is 0. The van der Waals surface area contributed by atoms with E-state index in [9.17, 15) is 0 Å². The van der Waals surface area contributed by atoms with Crippen molar-refractivity contribution in [3.8, 4) is 0 Å². The predicted octanol–water partition coefficient (Wildman–Crippen LogP) is 0.995. The van der Waals surface area contributed by atoms with Gasteiger partial charge in [0, 0.05) is 17.5 Å². The molecule has 11 heavy (non-hydrogen) atoms. The first kappa shape index (κ1) is 7.56. The number of nitrogens with two attached hydrogens (primary N) is 2. The molecule has 2 aliphatic carbocycles. The molecule has 2 fully saturated rings. The molecule has 0 aromatic rings. The van der Waals surface area contributed by atoms with Gasteiger partial charge in [-0.1, -0.05) is 12.8 Å². The fraction of sp³-hybridized carbons (Fsp3) is 1.00. The van der Waals surface area contributed by atoms with E-state index in [-0.39, 0.29) is 0 Å². The van der Waals surface area contributed by atoms with Crippen LogP contribution < -0.4 is 11.5 Å². The van der Waals surface area contributed by atoms with Gasteiger partial charge in [0.05, 0.1) is 0 Å². The highest BCUT2D eigenvalue weighted by atomic mass is 14.8. The van der Waals surface area contributed by atoms with E-state index >= 15 is 0 Å². The van der Waals surface area contributed by atoms with Gasteiger partial charge in [-0.15, -0.1) is 0 Å². The molecule has 2 heteroatoms. The molecule has 0 aliphatic heterocycles. The van der Waals surface area contributed by atoms with Crippen molar-refractivity contribution in [3.63, 3.8) is 0 Å². The van der Waals surface area contributed by atoms with E-state index in [4.69, 9.17) is 11.5 Å². The second kappa shape index (κ2) is 2.46. The van der Waals surface area contributed by atoms with Gasteiger partial charge in [0.25, 0.3) is 0 Å². The molecule has 0 amide bonds. The van der Waals surface area contributed by atoms with Crippen LogP contribution in [0.3, 0.4) is 0 Å². The smallest absolute Gasteiger partial charge is 0.0110 e. The summed E-state index contributed by atoms with van der Waals surface area (Å²) in [6, 6.07) is 0.806. The molecule has 0 saturated heterocycles. The van der Waals surface area contributed by atoms with E-state index in [1.165, 1.54) is 38.5 Å². The SMILES string of the molecule is N[C@@H]1CCC[C@@]12CCC[C@@H]2N. The van der Waals surface area contributed by atoms with Crippen LogP contribution in [0.15, 0.2) is 0 Å². The Morgan fingerprint density at radius 2 is 1.36 bits per heavy atom. The van der Waals surface area contributed by atoms with Crippen molar-refractivity contribution in [1.82, 2.24) is 0 Å². The molecule has 1 spiro atoms. The van der Waals surface area contributed by atoms with Crippen molar-refractivity contribution in [2.24, 2.45) is 16.9 Å². The Morgan fingerprint density at radius 3 is 1.64 bits per heavy atom. The molecule has 2 nitrogen and oxygen atoms in total. The molecule has 0 radical (unpaired) electrons. The fourth-order valence-electron chi connectivity index (χ4n) is 3.02. The number of hydrogen-bond acceptors (Lipinski definition) is 2. The largest absolute Gasteiger partial charge is 0.327 e. The zero-order valence-electron chi connectivity index (χ0n) is 7.05. The molecule has 4 N–H and O–H groups in total. The summed E-state index contributed by atoms with van der Waals surface area (Å²) >= 11 is 0. The third-order valence-corrected chi connectivity index (χ3v) is 3.79. The standard InChI is InChI=1S/C9H18N2/c10-7-3-1-5-9(7)6-2-4-8(9)11/h7-8H,1-6,10-11H2/t7-,8+,9-/m1/s1. The summed E-state index contributed by atoms with van der Waals surface area (Å²) in [7, 11) is 0. The average Bonchev–Trinajstić information content (AvgIpc) is 2.48. The first-order valence-corrected chi connectivity index (χ1v) is 4.77. The molecule has 0 aromatic carbocycles. The first-order valence-electron chi connectivity index (χ1n) is 4.77. The van der Waals surface area contributed by atoms with Crippen LogP contribution in [0.5, 0.6) is 0 Å². The van der Waals surface area contributed by atoms with E-state index in [1.807, 2.05) is 0 Å². The highest BCUT2D eigenvalue weighted by Gasteiger charge is 2.47. The van der Waals surface area contributed by atoms with Crippen molar-refractivity contribution in [3.05, 3.63) is 0 Å². The van der Waals surface area contributed by atoms with Gasteiger partial charge < -0.3 is 11.5 Å². The highest BCUT2D eigenvalue weighted by Crippen LogP contribution is 2.48. The van der Waals surface area contributed by atoms with Crippen molar-refractivity contribution in [1.29, 1.82) is 0 Å². The molecule has 64 valence electrons. The maximum atomic E-state index is 6.09. The topological polar surface area (TPSA) is 52.0 Å². The zero-order valence-corrected chi connectivity index (χ0v) is 7.05. The normalized spacial score (nSPS) is 50.7. The Morgan fingerprint density at radius 1 is 0.909 bits per heavy atom. The van der Waals surface area contributed by atoms with Crippen molar-refractivity contribution in [2.45, 2.75) is 50.6 Å². The average molecular weight is 154 g/mol. The van der Waals surface area contributed by atoms with Gasteiger partial charge in [0.15, 0.2) is 0 Å². The predicted molar refractivity (Wildman–Crippen MR) is 46.1 cm³/mol. The van der Waals surface area contributed by atoms with Crippen LogP contribution in [0.25, 0.3) is 0 Å². The molecule has 2 saturated carbocycles. The Labute approximate surface area is 68.3 Å². The maximum absolute atomic E-state index is 6.09. The second-order valence-electron chi connectivity index (χ2n) is 4.23. The number of rotatable bonds is 0. The minimum absolute atomic E-state index is 0.361. The second-order valence-corrected chi connectivity index (χ2v) is 4.23. The minimum Gasteiger partial charge on any atom is -0.327 e. The van der Waals surface area contributed by atoms with Gasteiger partial charge in [-0.3, -0.25) is 0 Å². The van der Waals surface area contributed by atoms with Crippen molar-refractivity contribution >= 4 is 0 Å². The molecular weight excluding hydrogens is 136 g/mol. The Hall–Kier alpha value is -0.0800. The summed E-state index contributed by atoms with van der Waals surface area (Å²) in [6.45, 7) is 0. The van der Waals surface area contributed by atoms with Gasteiger partial charge >= 0.3 is 0 Å². The van der Waals surface area contributed by atoms with Crippen LogP contribution in [0.4, 0.5) is 0 Å². The van der Waals surface area contributed by atoms with Crippen LogP contribution in [-0.2, 0) is 0 Å². The third-order valence-electron chi connectivity index (χ3n) is 3.79. The lowest BCUT2D eigenvalue weighted by atomic mass is 9.78. The quantitative estimate of drug-likeness (QED) is 0.547. The molecule has 2 aliphatic rings. The summed E-state index contributed by atoms with van der Waals surface area (Å²) in [5.41, 5.74) is 12.5. The summed E-state index contributed by atoms with van der Waals surface area (Å²) in [5, 5.41) is 0. The Balaban J connectivity index is 2.19. The molecule has 0 bridgehead atoms. The van der Waals surface area contributed by atoms with Crippen molar-refractivity contribution < 1.29 is 0 Å². The lowest BCUT2D eigenvalue weighted by Crippen LogP contribution is -2.46. The van der Waals surface area contributed by atoms with Crippen LogP contribution in [0.1, 0.15) is 38.5 Å². The van der Waals surface area contributed by atoms with E-state index in [0.717, 1.165) is 0 Å². The van der Waals surface area contributed by atoms with Gasteiger partial charge in [-0.05, 0) is 25.7 Å². The lowest BCUT2D eigenvalue weighted by molar-refractivity contribution is 0.235. The lowest BCUT2D eigenvalue weighted by Gasteiger charge is -2.33. The van der Waals surface area contributed by atoms with Crippen LogP contribution in [0, 0.1) is 5.41 Å². The van der Waals surface area contributed by atoms with E-state index in [1.54, 1.807) is 0 Å².